The van der Waals surface area contributed by atoms with Crippen molar-refractivity contribution in [2.24, 2.45) is 0 Å². The van der Waals surface area contributed by atoms with Crippen LogP contribution in [0.1, 0.15) is 16.7 Å². The Bertz CT molecular complexity index is 754. The van der Waals surface area contributed by atoms with E-state index in [1.807, 2.05) is 44.2 Å². The molecule has 2 N–H and O–H groups in total. The van der Waals surface area contributed by atoms with Crippen molar-refractivity contribution in [3.05, 3.63) is 70.3 Å². The predicted molar refractivity (Wildman–Crippen MR) is 101 cm³/mol. The van der Waals surface area contributed by atoms with Gasteiger partial charge in [-0.15, -0.1) is 0 Å². The topological polar surface area (TPSA) is 41.1 Å². The van der Waals surface area contributed by atoms with Gasteiger partial charge < -0.3 is 5.32 Å². The highest BCUT2D eigenvalue weighted by Gasteiger charge is 2.04. The van der Waals surface area contributed by atoms with Gasteiger partial charge in [-0.25, -0.2) is 0 Å². The second-order valence-corrected chi connectivity index (χ2v) is 5.99. The molecule has 0 aliphatic rings. The fraction of sp³-hybridized carbons (Fsp3) is 0.111. The maximum absolute atomic E-state index is 11.9. The molecule has 0 saturated carbocycles. The summed E-state index contributed by atoms with van der Waals surface area (Å²) >= 11 is 11.1. The van der Waals surface area contributed by atoms with Crippen LogP contribution in [0.15, 0.2) is 48.5 Å². The predicted octanol–water partition coefficient (Wildman–Crippen LogP) is 4.48. The fourth-order valence-corrected chi connectivity index (χ4v) is 2.27. The van der Waals surface area contributed by atoms with Crippen molar-refractivity contribution in [2.45, 2.75) is 13.8 Å². The molecule has 0 heterocycles. The van der Waals surface area contributed by atoms with E-state index >= 15 is 0 Å². The van der Waals surface area contributed by atoms with Crippen LogP contribution in [0.4, 0.5) is 5.69 Å². The number of amides is 1. The minimum atomic E-state index is -0.289. The molecule has 2 rings (SSSR count). The number of carbonyl (C=O) groups is 1. The third kappa shape index (κ3) is 5.51. The van der Waals surface area contributed by atoms with Gasteiger partial charge in [-0.2, -0.15) is 0 Å². The van der Waals surface area contributed by atoms with E-state index in [0.717, 1.165) is 16.8 Å². The van der Waals surface area contributed by atoms with Crippen molar-refractivity contribution >= 4 is 46.6 Å². The zero-order valence-corrected chi connectivity index (χ0v) is 14.5. The van der Waals surface area contributed by atoms with Gasteiger partial charge in [0, 0.05) is 16.8 Å². The van der Waals surface area contributed by atoms with Crippen molar-refractivity contribution in [3.63, 3.8) is 0 Å². The van der Waals surface area contributed by atoms with E-state index in [-0.39, 0.29) is 11.0 Å². The normalized spacial score (nSPS) is 10.6. The molecule has 2 aromatic rings. The number of rotatable bonds is 3. The summed E-state index contributed by atoms with van der Waals surface area (Å²) in [5, 5.41) is 6.41. The average Bonchev–Trinajstić information content (AvgIpc) is 2.50. The summed E-state index contributed by atoms with van der Waals surface area (Å²) in [6, 6.07) is 13.3. The lowest BCUT2D eigenvalue weighted by Gasteiger charge is -2.11. The van der Waals surface area contributed by atoms with Gasteiger partial charge in [0.2, 0.25) is 5.91 Å². The lowest BCUT2D eigenvalue weighted by atomic mass is 10.1. The maximum atomic E-state index is 11.9. The third-order valence-electron chi connectivity index (χ3n) is 3.19. The van der Waals surface area contributed by atoms with Crippen LogP contribution in [-0.4, -0.2) is 11.0 Å². The van der Waals surface area contributed by atoms with Gasteiger partial charge in [0.25, 0.3) is 0 Å². The highest BCUT2D eigenvalue weighted by Crippen LogP contribution is 2.19. The minimum absolute atomic E-state index is 0.230. The number of hydrogen-bond donors (Lipinski definition) is 2. The number of nitrogens with one attached hydrogen (secondary N) is 2. The number of hydrogen-bond acceptors (Lipinski definition) is 2. The summed E-state index contributed by atoms with van der Waals surface area (Å²) in [7, 11) is 0. The van der Waals surface area contributed by atoms with Crippen molar-refractivity contribution < 1.29 is 4.79 Å². The molecule has 0 aliphatic heterocycles. The number of aryl methyl sites for hydroxylation is 2. The van der Waals surface area contributed by atoms with Gasteiger partial charge in [-0.05, 0) is 55.4 Å². The van der Waals surface area contributed by atoms with Crippen LogP contribution in [0, 0.1) is 13.8 Å². The van der Waals surface area contributed by atoms with Crippen LogP contribution in [0.25, 0.3) is 6.08 Å². The molecule has 2 aromatic carbocycles. The van der Waals surface area contributed by atoms with Crippen LogP contribution in [0.3, 0.4) is 0 Å². The smallest absolute Gasteiger partial charge is 0.250 e. The quantitative estimate of drug-likeness (QED) is 0.637. The van der Waals surface area contributed by atoms with E-state index in [1.54, 1.807) is 18.2 Å². The first kappa shape index (κ1) is 17.2. The first-order valence-corrected chi connectivity index (χ1v) is 7.85. The Kier molecular flexibility index (Phi) is 5.90. The maximum Gasteiger partial charge on any atom is 0.250 e. The van der Waals surface area contributed by atoms with E-state index < -0.39 is 0 Å². The molecular formula is C18H17ClN2OS. The number of thiocarbonyl (C=S) groups is 1. The highest BCUT2D eigenvalue weighted by molar-refractivity contribution is 7.80. The molecule has 0 atom stereocenters. The van der Waals surface area contributed by atoms with Crippen molar-refractivity contribution in [1.29, 1.82) is 0 Å². The molecule has 3 nitrogen and oxygen atoms in total. The van der Waals surface area contributed by atoms with Gasteiger partial charge in [-0.1, -0.05) is 47.5 Å². The summed E-state index contributed by atoms with van der Waals surface area (Å²) in [4.78, 5) is 11.9. The monoisotopic (exact) mass is 344 g/mol. The number of benzene rings is 2. The molecule has 1 amide bonds. The average molecular weight is 345 g/mol. The summed E-state index contributed by atoms with van der Waals surface area (Å²) < 4.78 is 0. The molecule has 0 aromatic heterocycles. The van der Waals surface area contributed by atoms with E-state index in [1.165, 1.54) is 11.6 Å². The summed E-state index contributed by atoms with van der Waals surface area (Å²) in [6.45, 7) is 3.95. The fourth-order valence-electron chi connectivity index (χ4n) is 1.89. The Labute approximate surface area is 146 Å². The van der Waals surface area contributed by atoms with E-state index in [2.05, 4.69) is 10.6 Å². The van der Waals surface area contributed by atoms with Gasteiger partial charge >= 0.3 is 0 Å². The Morgan fingerprint density at radius 2 is 1.83 bits per heavy atom. The zero-order valence-electron chi connectivity index (χ0n) is 12.9. The lowest BCUT2D eigenvalue weighted by molar-refractivity contribution is -0.115. The molecule has 0 radical (unpaired) electrons. The molecule has 23 heavy (non-hydrogen) atoms. The van der Waals surface area contributed by atoms with Crippen LogP contribution < -0.4 is 10.6 Å². The molecule has 0 saturated heterocycles. The standard InChI is InChI=1S/C18H17ClN2OS/c1-12-3-6-14(7-4-12)8-10-17(22)21-18(23)20-16-11-15(19)9-5-13(16)2/h3-11H,1-2H3,(H2,20,21,22,23)/b10-8+. The molecule has 0 aliphatic carbocycles. The van der Waals surface area contributed by atoms with E-state index in [9.17, 15) is 4.79 Å². The third-order valence-corrected chi connectivity index (χ3v) is 3.63. The van der Waals surface area contributed by atoms with Crippen LogP contribution in [-0.2, 0) is 4.79 Å². The number of carbonyl (C=O) groups excluding carboxylic acids is 1. The molecule has 118 valence electrons. The van der Waals surface area contributed by atoms with E-state index in [0.29, 0.717) is 5.02 Å². The summed E-state index contributed by atoms with van der Waals surface area (Å²) in [6.07, 6.45) is 3.19. The zero-order chi connectivity index (χ0) is 16.8. The minimum Gasteiger partial charge on any atom is -0.332 e. The second kappa shape index (κ2) is 7.90. The van der Waals surface area contributed by atoms with Crippen LogP contribution in [0.5, 0.6) is 0 Å². The Hall–Kier alpha value is -2.17. The molecule has 0 bridgehead atoms. The van der Waals surface area contributed by atoms with Gasteiger partial charge in [-0.3, -0.25) is 10.1 Å². The Balaban J connectivity index is 1.93. The van der Waals surface area contributed by atoms with Gasteiger partial charge in [0.05, 0.1) is 0 Å². The summed E-state index contributed by atoms with van der Waals surface area (Å²) in [5.41, 5.74) is 3.88. The van der Waals surface area contributed by atoms with Crippen molar-refractivity contribution in [3.8, 4) is 0 Å². The Morgan fingerprint density at radius 3 is 2.52 bits per heavy atom. The lowest BCUT2D eigenvalue weighted by Crippen LogP contribution is -2.33. The van der Waals surface area contributed by atoms with Crippen LogP contribution >= 0.6 is 23.8 Å². The van der Waals surface area contributed by atoms with Crippen molar-refractivity contribution in [2.75, 3.05) is 5.32 Å². The Morgan fingerprint density at radius 1 is 1.13 bits per heavy atom. The SMILES string of the molecule is Cc1ccc(/C=C/C(=O)NC(=S)Nc2cc(Cl)ccc2C)cc1. The molecule has 0 spiro atoms. The first-order chi connectivity index (χ1) is 10.9. The van der Waals surface area contributed by atoms with Crippen LogP contribution in [0.2, 0.25) is 5.02 Å². The van der Waals surface area contributed by atoms with E-state index in [4.69, 9.17) is 23.8 Å². The largest absolute Gasteiger partial charge is 0.332 e. The molecule has 5 heteroatoms. The molecular weight excluding hydrogens is 328 g/mol. The number of anilines is 1. The number of halogens is 1. The van der Waals surface area contributed by atoms with Crippen molar-refractivity contribution in [1.82, 2.24) is 5.32 Å². The molecule has 0 unspecified atom stereocenters. The highest BCUT2D eigenvalue weighted by atomic mass is 35.5. The second-order valence-electron chi connectivity index (χ2n) is 5.15. The van der Waals surface area contributed by atoms with Gasteiger partial charge in [0.15, 0.2) is 5.11 Å². The first-order valence-electron chi connectivity index (χ1n) is 7.07. The molecule has 0 fully saturated rings. The van der Waals surface area contributed by atoms with Gasteiger partial charge in [0.1, 0.15) is 0 Å². The summed E-state index contributed by atoms with van der Waals surface area (Å²) in [5.74, 6) is -0.289.